The van der Waals surface area contributed by atoms with Crippen molar-refractivity contribution in [3.63, 3.8) is 0 Å². The summed E-state index contributed by atoms with van der Waals surface area (Å²) in [5.41, 5.74) is 9.10. The van der Waals surface area contributed by atoms with E-state index in [9.17, 15) is 9.00 Å². The highest BCUT2D eigenvalue weighted by atomic mass is 32.2. The van der Waals surface area contributed by atoms with Gasteiger partial charge in [0.25, 0.3) is 5.91 Å². The molecule has 0 spiro atoms. The van der Waals surface area contributed by atoms with Crippen LogP contribution < -0.4 is 10.9 Å². The van der Waals surface area contributed by atoms with Crippen molar-refractivity contribution in [1.82, 2.24) is 9.78 Å². The SMILES string of the molecule is NC(=O)c1nn(-c2cccc(S(N)=O)c2)c2cc(-c3ccccc3)ccc12. The molecular formula is C20H16N4O2S. The number of carbonyl (C=O) groups is 1. The van der Waals surface area contributed by atoms with E-state index < -0.39 is 16.9 Å². The maximum absolute atomic E-state index is 11.9. The summed E-state index contributed by atoms with van der Waals surface area (Å²) in [6, 6.07) is 22.5. The van der Waals surface area contributed by atoms with Gasteiger partial charge in [0.2, 0.25) is 0 Å². The minimum absolute atomic E-state index is 0.184. The molecule has 3 aromatic carbocycles. The van der Waals surface area contributed by atoms with Gasteiger partial charge in [0.15, 0.2) is 5.69 Å². The van der Waals surface area contributed by atoms with Gasteiger partial charge in [-0.1, -0.05) is 42.5 Å². The van der Waals surface area contributed by atoms with Gasteiger partial charge in [-0.15, -0.1) is 0 Å². The smallest absolute Gasteiger partial charge is 0.269 e. The molecule has 6 nitrogen and oxygen atoms in total. The summed E-state index contributed by atoms with van der Waals surface area (Å²) in [7, 11) is -1.62. The van der Waals surface area contributed by atoms with Crippen molar-refractivity contribution in [1.29, 1.82) is 0 Å². The highest BCUT2D eigenvalue weighted by Gasteiger charge is 2.17. The number of amides is 1. The van der Waals surface area contributed by atoms with E-state index in [2.05, 4.69) is 5.10 Å². The molecule has 0 saturated carbocycles. The first kappa shape index (κ1) is 17.1. The lowest BCUT2D eigenvalue weighted by molar-refractivity contribution is 0.0996. The minimum Gasteiger partial charge on any atom is -0.364 e. The summed E-state index contributed by atoms with van der Waals surface area (Å²) in [6.07, 6.45) is 0. The van der Waals surface area contributed by atoms with E-state index in [1.54, 1.807) is 22.9 Å². The number of hydrogen-bond donors (Lipinski definition) is 2. The number of fused-ring (bicyclic) bond motifs is 1. The topological polar surface area (TPSA) is 104 Å². The number of nitrogens with two attached hydrogens (primary N) is 2. The highest BCUT2D eigenvalue weighted by molar-refractivity contribution is 7.82. The molecule has 1 aromatic heterocycles. The second kappa shape index (κ2) is 6.79. The quantitative estimate of drug-likeness (QED) is 0.572. The zero-order valence-electron chi connectivity index (χ0n) is 14.2. The van der Waals surface area contributed by atoms with Crippen LogP contribution in [0.2, 0.25) is 0 Å². The number of benzene rings is 3. The summed E-state index contributed by atoms with van der Waals surface area (Å²) in [5, 5.41) is 10.5. The Balaban J connectivity index is 1.98. The molecule has 1 amide bonds. The first-order valence-electron chi connectivity index (χ1n) is 8.19. The molecule has 1 atom stereocenters. The molecule has 0 aliphatic rings. The van der Waals surface area contributed by atoms with Crippen LogP contribution in [0.15, 0.2) is 77.7 Å². The standard InChI is InChI=1S/C20H16N4O2S/c21-20(25)19-17-10-9-14(13-5-2-1-3-6-13)11-18(17)24(23-19)15-7-4-8-16(12-15)27(22)26/h1-12H,22H2,(H2,21,25). The Morgan fingerprint density at radius 2 is 1.70 bits per heavy atom. The van der Waals surface area contributed by atoms with Crippen LogP contribution in [0.3, 0.4) is 0 Å². The number of rotatable bonds is 4. The first-order valence-corrected chi connectivity index (χ1v) is 9.40. The Morgan fingerprint density at radius 3 is 2.41 bits per heavy atom. The molecule has 1 unspecified atom stereocenters. The summed E-state index contributed by atoms with van der Waals surface area (Å²) in [5.74, 6) is -0.607. The second-order valence-corrected chi connectivity index (χ2v) is 7.08. The van der Waals surface area contributed by atoms with E-state index in [0.29, 0.717) is 16.0 Å². The lowest BCUT2D eigenvalue weighted by Crippen LogP contribution is -2.12. The maximum Gasteiger partial charge on any atom is 0.269 e. The van der Waals surface area contributed by atoms with Crippen LogP contribution in [-0.4, -0.2) is 19.9 Å². The van der Waals surface area contributed by atoms with E-state index in [4.69, 9.17) is 10.9 Å². The third-order valence-electron chi connectivity index (χ3n) is 4.32. The molecule has 4 N–H and O–H groups in total. The van der Waals surface area contributed by atoms with Crippen molar-refractivity contribution < 1.29 is 9.00 Å². The molecule has 0 fully saturated rings. The average molecular weight is 376 g/mol. The van der Waals surface area contributed by atoms with Crippen molar-refractivity contribution in [3.05, 3.63) is 78.5 Å². The van der Waals surface area contributed by atoms with Gasteiger partial charge in [-0.3, -0.25) is 4.79 Å². The monoisotopic (exact) mass is 376 g/mol. The third-order valence-corrected chi connectivity index (χ3v) is 5.03. The van der Waals surface area contributed by atoms with Gasteiger partial charge in [-0.25, -0.2) is 14.0 Å². The predicted molar refractivity (Wildman–Crippen MR) is 106 cm³/mol. The van der Waals surface area contributed by atoms with Crippen molar-refractivity contribution in [3.8, 4) is 16.8 Å². The van der Waals surface area contributed by atoms with Crippen LogP contribution >= 0.6 is 0 Å². The summed E-state index contributed by atoms with van der Waals surface area (Å²) in [6.45, 7) is 0. The van der Waals surface area contributed by atoms with Crippen molar-refractivity contribution in [2.24, 2.45) is 10.9 Å². The zero-order valence-corrected chi connectivity index (χ0v) is 15.0. The van der Waals surface area contributed by atoms with E-state index in [0.717, 1.165) is 16.6 Å². The van der Waals surface area contributed by atoms with E-state index in [1.165, 1.54) is 0 Å². The minimum atomic E-state index is -1.62. The Hall–Kier alpha value is -3.29. The Bertz CT molecular complexity index is 1190. The zero-order chi connectivity index (χ0) is 19.0. The fourth-order valence-electron chi connectivity index (χ4n) is 3.04. The lowest BCUT2D eigenvalue weighted by atomic mass is 10.0. The molecular weight excluding hydrogens is 360 g/mol. The van der Waals surface area contributed by atoms with Crippen LogP contribution in [0.4, 0.5) is 0 Å². The van der Waals surface area contributed by atoms with Gasteiger partial charge in [0.1, 0.15) is 11.0 Å². The molecule has 0 aliphatic heterocycles. The fraction of sp³-hybridized carbons (Fsp3) is 0. The molecule has 1 heterocycles. The van der Waals surface area contributed by atoms with Gasteiger partial charge < -0.3 is 5.73 Å². The number of primary amides is 1. The Kier molecular flexibility index (Phi) is 4.31. The van der Waals surface area contributed by atoms with Gasteiger partial charge in [0.05, 0.1) is 16.1 Å². The van der Waals surface area contributed by atoms with Gasteiger partial charge >= 0.3 is 0 Å². The van der Waals surface area contributed by atoms with Crippen LogP contribution in [-0.2, 0) is 11.0 Å². The van der Waals surface area contributed by atoms with Crippen LogP contribution in [0, 0.1) is 0 Å². The van der Waals surface area contributed by atoms with Crippen LogP contribution in [0.25, 0.3) is 27.7 Å². The van der Waals surface area contributed by atoms with Gasteiger partial charge in [-0.05, 0) is 41.5 Å². The lowest BCUT2D eigenvalue weighted by Gasteiger charge is -2.07. The normalized spacial score (nSPS) is 12.2. The summed E-state index contributed by atoms with van der Waals surface area (Å²) in [4.78, 5) is 12.3. The molecule has 4 rings (SSSR count). The van der Waals surface area contributed by atoms with E-state index in [1.807, 2.05) is 54.6 Å². The fourth-order valence-corrected chi connectivity index (χ4v) is 3.49. The average Bonchev–Trinajstić information content (AvgIpc) is 3.08. The second-order valence-electron chi connectivity index (χ2n) is 6.02. The molecule has 0 aliphatic carbocycles. The van der Waals surface area contributed by atoms with Gasteiger partial charge in [0, 0.05) is 5.39 Å². The van der Waals surface area contributed by atoms with Crippen molar-refractivity contribution in [2.75, 3.05) is 0 Å². The number of aromatic nitrogens is 2. The third kappa shape index (κ3) is 3.14. The van der Waals surface area contributed by atoms with Crippen molar-refractivity contribution in [2.45, 2.75) is 4.90 Å². The van der Waals surface area contributed by atoms with Crippen LogP contribution in [0.1, 0.15) is 10.5 Å². The molecule has 4 aromatic rings. The molecule has 134 valence electrons. The van der Waals surface area contributed by atoms with E-state index in [-0.39, 0.29) is 5.69 Å². The molecule has 0 radical (unpaired) electrons. The predicted octanol–water partition coefficient (Wildman–Crippen LogP) is 2.77. The van der Waals surface area contributed by atoms with E-state index >= 15 is 0 Å². The highest BCUT2D eigenvalue weighted by Crippen LogP contribution is 2.28. The number of nitrogens with zero attached hydrogens (tertiary/aromatic N) is 2. The number of carbonyl (C=O) groups excluding carboxylic acids is 1. The summed E-state index contributed by atoms with van der Waals surface area (Å²) < 4.78 is 13.3. The molecule has 27 heavy (non-hydrogen) atoms. The largest absolute Gasteiger partial charge is 0.364 e. The summed E-state index contributed by atoms with van der Waals surface area (Å²) >= 11 is 0. The molecule has 7 heteroatoms. The Labute approximate surface area is 158 Å². The maximum atomic E-state index is 11.9. The molecule has 0 bridgehead atoms. The van der Waals surface area contributed by atoms with Gasteiger partial charge in [-0.2, -0.15) is 5.10 Å². The number of hydrogen-bond acceptors (Lipinski definition) is 3. The Morgan fingerprint density at radius 1 is 0.926 bits per heavy atom. The van der Waals surface area contributed by atoms with Crippen LogP contribution in [0.5, 0.6) is 0 Å². The molecule has 0 saturated heterocycles. The first-order chi connectivity index (χ1) is 13.0. The van der Waals surface area contributed by atoms with Crippen molar-refractivity contribution >= 4 is 27.8 Å².